The van der Waals surface area contributed by atoms with E-state index in [1.807, 2.05) is 31.2 Å². The molecule has 1 heterocycles. The number of nitrogens with zero attached hydrogens (tertiary/aromatic N) is 3. The molecule has 3 aromatic rings. The zero-order valence-corrected chi connectivity index (χ0v) is 12.4. The van der Waals surface area contributed by atoms with E-state index in [4.69, 9.17) is 0 Å². The average Bonchev–Trinajstić information content (AvgIpc) is 2.94. The van der Waals surface area contributed by atoms with Crippen molar-refractivity contribution in [1.29, 1.82) is 0 Å². The molecule has 0 unspecified atom stereocenters. The second-order valence-corrected chi connectivity index (χ2v) is 5.16. The maximum atomic E-state index is 14.1. The Morgan fingerprint density at radius 3 is 2.57 bits per heavy atom. The van der Waals surface area contributed by atoms with Crippen molar-refractivity contribution in [3.05, 3.63) is 71.2 Å². The van der Waals surface area contributed by atoms with Crippen LogP contribution in [0.15, 0.2) is 48.5 Å². The van der Waals surface area contributed by atoms with Crippen LogP contribution in [0.1, 0.15) is 21.6 Å². The summed E-state index contributed by atoms with van der Waals surface area (Å²) in [7, 11) is 0. The molecule has 0 aliphatic carbocycles. The number of carboxylic acids is 1. The fourth-order valence-corrected chi connectivity index (χ4v) is 2.44. The molecule has 0 spiro atoms. The first-order valence-corrected chi connectivity index (χ1v) is 7.04. The Hall–Kier alpha value is -3.02. The Labute approximate surface area is 132 Å². The molecule has 3 rings (SSSR count). The van der Waals surface area contributed by atoms with E-state index >= 15 is 0 Å². The Kier molecular flexibility index (Phi) is 3.89. The third-order valence-electron chi connectivity index (χ3n) is 3.65. The molecular weight excluding hydrogens is 297 g/mol. The lowest BCUT2D eigenvalue weighted by molar-refractivity contribution is 0.0691. The number of rotatable bonds is 4. The van der Waals surface area contributed by atoms with Crippen LogP contribution in [-0.4, -0.2) is 26.1 Å². The highest BCUT2D eigenvalue weighted by Gasteiger charge is 2.23. The van der Waals surface area contributed by atoms with Gasteiger partial charge in [0.15, 0.2) is 5.69 Å². The summed E-state index contributed by atoms with van der Waals surface area (Å²) in [5.74, 6) is -1.75. The molecule has 0 radical (unpaired) electrons. The fourth-order valence-electron chi connectivity index (χ4n) is 2.44. The van der Waals surface area contributed by atoms with Gasteiger partial charge in [-0.05, 0) is 30.2 Å². The van der Waals surface area contributed by atoms with Crippen LogP contribution >= 0.6 is 0 Å². The molecule has 23 heavy (non-hydrogen) atoms. The highest BCUT2D eigenvalue weighted by molar-refractivity contribution is 5.92. The van der Waals surface area contributed by atoms with Gasteiger partial charge in [0.25, 0.3) is 0 Å². The van der Waals surface area contributed by atoms with Crippen molar-refractivity contribution in [2.24, 2.45) is 0 Å². The number of aromatic carboxylic acids is 1. The Balaban J connectivity index is 2.14. The lowest BCUT2D eigenvalue weighted by Gasteiger charge is -2.10. The van der Waals surface area contributed by atoms with Gasteiger partial charge in [0, 0.05) is 5.56 Å². The second-order valence-electron chi connectivity index (χ2n) is 5.16. The first-order valence-electron chi connectivity index (χ1n) is 7.04. The SMILES string of the molecule is Cc1ccccc1Cn1nnc(C(=O)O)c1-c1ccccc1F. The molecule has 0 saturated heterocycles. The molecular formula is C17H14FN3O2. The minimum absolute atomic E-state index is 0.166. The quantitative estimate of drug-likeness (QED) is 0.803. The Morgan fingerprint density at radius 2 is 1.87 bits per heavy atom. The van der Waals surface area contributed by atoms with Crippen LogP contribution in [0.3, 0.4) is 0 Å². The molecule has 5 nitrogen and oxygen atoms in total. The monoisotopic (exact) mass is 311 g/mol. The molecule has 0 aliphatic rings. The number of carboxylic acid groups (broad SMARTS) is 1. The number of hydrogen-bond donors (Lipinski definition) is 1. The molecule has 0 aliphatic heterocycles. The topological polar surface area (TPSA) is 68.0 Å². The summed E-state index contributed by atoms with van der Waals surface area (Å²) < 4.78 is 15.6. The van der Waals surface area contributed by atoms with E-state index in [1.54, 1.807) is 12.1 Å². The van der Waals surface area contributed by atoms with E-state index < -0.39 is 11.8 Å². The summed E-state index contributed by atoms with van der Waals surface area (Å²) in [5.41, 5.74) is 2.08. The van der Waals surface area contributed by atoms with Crippen LogP contribution in [0.25, 0.3) is 11.3 Å². The van der Waals surface area contributed by atoms with Gasteiger partial charge in [0.05, 0.1) is 6.54 Å². The summed E-state index contributed by atoms with van der Waals surface area (Å²) >= 11 is 0. The lowest BCUT2D eigenvalue weighted by atomic mass is 10.1. The maximum Gasteiger partial charge on any atom is 0.358 e. The van der Waals surface area contributed by atoms with Crippen molar-refractivity contribution in [2.75, 3.05) is 0 Å². The Morgan fingerprint density at radius 1 is 1.17 bits per heavy atom. The summed E-state index contributed by atoms with van der Waals surface area (Å²) in [6.07, 6.45) is 0. The van der Waals surface area contributed by atoms with E-state index in [2.05, 4.69) is 10.3 Å². The zero-order valence-electron chi connectivity index (χ0n) is 12.4. The first-order chi connectivity index (χ1) is 11.1. The van der Waals surface area contributed by atoms with Crippen molar-refractivity contribution in [3.8, 4) is 11.3 Å². The predicted molar refractivity (Wildman–Crippen MR) is 82.7 cm³/mol. The molecule has 6 heteroatoms. The van der Waals surface area contributed by atoms with Gasteiger partial charge in [-0.25, -0.2) is 13.9 Å². The molecule has 0 amide bonds. The van der Waals surface area contributed by atoms with E-state index in [0.29, 0.717) is 6.54 Å². The molecule has 0 bridgehead atoms. The Bertz CT molecular complexity index is 874. The maximum absolute atomic E-state index is 14.1. The van der Waals surface area contributed by atoms with Crippen molar-refractivity contribution < 1.29 is 14.3 Å². The number of benzene rings is 2. The minimum atomic E-state index is -1.24. The van der Waals surface area contributed by atoms with Gasteiger partial charge in [-0.3, -0.25) is 0 Å². The molecule has 0 atom stereocenters. The fraction of sp³-hybridized carbons (Fsp3) is 0.118. The molecule has 2 aromatic carbocycles. The van der Waals surface area contributed by atoms with Gasteiger partial charge in [0.1, 0.15) is 11.5 Å². The van der Waals surface area contributed by atoms with Gasteiger partial charge in [-0.1, -0.05) is 41.6 Å². The number of carbonyl (C=O) groups is 1. The highest BCUT2D eigenvalue weighted by atomic mass is 19.1. The number of aryl methyl sites for hydroxylation is 1. The minimum Gasteiger partial charge on any atom is -0.476 e. The van der Waals surface area contributed by atoms with Crippen LogP contribution in [0, 0.1) is 12.7 Å². The molecule has 0 saturated carbocycles. The largest absolute Gasteiger partial charge is 0.476 e. The van der Waals surface area contributed by atoms with Gasteiger partial charge in [-0.2, -0.15) is 0 Å². The molecule has 116 valence electrons. The van der Waals surface area contributed by atoms with E-state index in [0.717, 1.165) is 11.1 Å². The summed E-state index contributed by atoms with van der Waals surface area (Å²) in [6.45, 7) is 2.27. The van der Waals surface area contributed by atoms with E-state index in [1.165, 1.54) is 16.8 Å². The third kappa shape index (κ3) is 2.83. The van der Waals surface area contributed by atoms with Crippen molar-refractivity contribution >= 4 is 5.97 Å². The van der Waals surface area contributed by atoms with Crippen LogP contribution in [0.4, 0.5) is 4.39 Å². The number of aromatic nitrogens is 3. The zero-order chi connectivity index (χ0) is 16.4. The second kappa shape index (κ2) is 6.00. The van der Waals surface area contributed by atoms with Crippen LogP contribution in [0.2, 0.25) is 0 Å². The van der Waals surface area contributed by atoms with Gasteiger partial charge < -0.3 is 5.11 Å². The summed E-state index contributed by atoms with van der Waals surface area (Å²) in [6, 6.07) is 13.7. The normalized spacial score (nSPS) is 10.7. The predicted octanol–water partition coefficient (Wildman–Crippen LogP) is 3.14. The smallest absolute Gasteiger partial charge is 0.358 e. The van der Waals surface area contributed by atoms with Crippen LogP contribution in [0.5, 0.6) is 0 Å². The molecule has 0 fully saturated rings. The van der Waals surface area contributed by atoms with Crippen LogP contribution in [-0.2, 0) is 6.54 Å². The average molecular weight is 311 g/mol. The first kappa shape index (κ1) is 14.9. The summed E-state index contributed by atoms with van der Waals surface area (Å²) in [5, 5.41) is 16.9. The van der Waals surface area contributed by atoms with Gasteiger partial charge in [0.2, 0.25) is 0 Å². The van der Waals surface area contributed by atoms with Gasteiger partial charge in [-0.15, -0.1) is 5.10 Å². The molecule has 1 aromatic heterocycles. The highest BCUT2D eigenvalue weighted by Crippen LogP contribution is 2.26. The molecule has 1 N–H and O–H groups in total. The van der Waals surface area contributed by atoms with Crippen LogP contribution < -0.4 is 0 Å². The number of hydrogen-bond acceptors (Lipinski definition) is 3. The van der Waals surface area contributed by atoms with Crippen molar-refractivity contribution in [1.82, 2.24) is 15.0 Å². The third-order valence-corrected chi connectivity index (χ3v) is 3.65. The van der Waals surface area contributed by atoms with Crippen molar-refractivity contribution in [2.45, 2.75) is 13.5 Å². The van der Waals surface area contributed by atoms with E-state index in [9.17, 15) is 14.3 Å². The number of halogens is 1. The van der Waals surface area contributed by atoms with E-state index in [-0.39, 0.29) is 17.0 Å². The lowest BCUT2D eigenvalue weighted by Crippen LogP contribution is -2.08. The standard InChI is InChI=1S/C17H14FN3O2/c1-11-6-2-3-7-12(11)10-21-16(15(17(22)23)19-20-21)13-8-4-5-9-14(13)18/h2-9H,10H2,1H3,(H,22,23). The van der Waals surface area contributed by atoms with Crippen molar-refractivity contribution in [3.63, 3.8) is 0 Å². The van der Waals surface area contributed by atoms with Gasteiger partial charge >= 0.3 is 5.97 Å². The summed E-state index contributed by atoms with van der Waals surface area (Å²) in [4.78, 5) is 11.4.